The monoisotopic (exact) mass is 436 g/mol. The normalized spacial score (nSPS) is 15.2. The zero-order valence-electron chi connectivity index (χ0n) is 17.4. The van der Waals surface area contributed by atoms with Crippen molar-refractivity contribution in [3.8, 4) is 17.2 Å². The third-order valence-electron chi connectivity index (χ3n) is 4.87. The van der Waals surface area contributed by atoms with Crippen LogP contribution in [-0.4, -0.2) is 64.7 Å². The first kappa shape index (κ1) is 22.2. The van der Waals surface area contributed by atoms with Gasteiger partial charge >= 0.3 is 0 Å². The highest BCUT2D eigenvalue weighted by Gasteiger charge is 2.21. The molecular formula is C21H28N2O6S. The van der Waals surface area contributed by atoms with Crippen LogP contribution in [0.2, 0.25) is 0 Å². The Morgan fingerprint density at radius 3 is 2.33 bits per heavy atom. The molecule has 8 nitrogen and oxygen atoms in total. The fraction of sp³-hybridized carbons (Fsp3) is 0.429. The van der Waals surface area contributed by atoms with E-state index in [2.05, 4.69) is 9.62 Å². The Labute approximate surface area is 177 Å². The number of benzene rings is 2. The minimum Gasteiger partial charge on any atom is -0.493 e. The van der Waals surface area contributed by atoms with E-state index in [4.69, 9.17) is 14.2 Å². The quantitative estimate of drug-likeness (QED) is 0.619. The fourth-order valence-corrected chi connectivity index (χ4v) is 4.04. The number of rotatable bonds is 9. The maximum atomic E-state index is 11.2. The molecule has 0 amide bonds. The van der Waals surface area contributed by atoms with E-state index in [1.165, 1.54) is 11.1 Å². The van der Waals surface area contributed by atoms with Crippen molar-refractivity contribution in [2.24, 2.45) is 0 Å². The molecule has 0 aromatic heterocycles. The summed E-state index contributed by atoms with van der Waals surface area (Å²) in [5.74, 6) is 2.00. The minimum atomic E-state index is -3.31. The molecule has 0 saturated heterocycles. The summed E-state index contributed by atoms with van der Waals surface area (Å²) in [5.41, 5.74) is 2.86. The molecule has 0 fully saturated rings. The van der Waals surface area contributed by atoms with Gasteiger partial charge in [-0.1, -0.05) is 0 Å². The Bertz CT molecular complexity index is 962. The summed E-state index contributed by atoms with van der Waals surface area (Å²) in [5, 5.41) is 10.4. The molecule has 2 aromatic rings. The van der Waals surface area contributed by atoms with Gasteiger partial charge in [0, 0.05) is 25.3 Å². The molecule has 1 unspecified atom stereocenters. The Hall–Kier alpha value is -2.49. The molecule has 1 heterocycles. The van der Waals surface area contributed by atoms with Crippen LogP contribution in [-0.2, 0) is 23.0 Å². The van der Waals surface area contributed by atoms with Crippen molar-refractivity contribution in [3.05, 3.63) is 47.5 Å². The number of anilines is 1. The van der Waals surface area contributed by atoms with E-state index in [1.807, 2.05) is 12.1 Å². The molecule has 164 valence electrons. The number of hydrogen-bond donors (Lipinski definition) is 2. The van der Waals surface area contributed by atoms with E-state index in [0.717, 1.165) is 31.5 Å². The number of aliphatic hydroxyl groups is 1. The topological polar surface area (TPSA) is 97.3 Å². The molecule has 0 radical (unpaired) electrons. The first-order valence-corrected chi connectivity index (χ1v) is 11.5. The standard InChI is InChI=1S/C21H28N2O6S/c1-27-20-10-15-8-9-23(12-16(15)11-21(20)28-2)13-18(24)14-29-19-6-4-17(5-7-19)22-30(3,25)26/h4-7,10-11,18,22,24H,8-9,12-14H2,1-3H3. The Kier molecular flexibility index (Phi) is 7.06. The fourth-order valence-electron chi connectivity index (χ4n) is 3.47. The van der Waals surface area contributed by atoms with Crippen molar-refractivity contribution in [1.82, 2.24) is 4.90 Å². The number of hydrogen-bond acceptors (Lipinski definition) is 7. The highest BCUT2D eigenvalue weighted by molar-refractivity contribution is 7.92. The lowest BCUT2D eigenvalue weighted by Crippen LogP contribution is -2.38. The number of nitrogens with zero attached hydrogens (tertiary/aromatic N) is 1. The van der Waals surface area contributed by atoms with Crippen LogP contribution in [0.1, 0.15) is 11.1 Å². The summed E-state index contributed by atoms with van der Waals surface area (Å²) in [6, 6.07) is 10.6. The van der Waals surface area contributed by atoms with E-state index in [0.29, 0.717) is 23.7 Å². The summed E-state index contributed by atoms with van der Waals surface area (Å²) in [6.45, 7) is 2.19. The van der Waals surface area contributed by atoms with Gasteiger partial charge < -0.3 is 19.3 Å². The van der Waals surface area contributed by atoms with Gasteiger partial charge in [0.05, 0.1) is 20.5 Å². The van der Waals surface area contributed by atoms with Crippen molar-refractivity contribution >= 4 is 15.7 Å². The first-order valence-electron chi connectivity index (χ1n) is 9.62. The Morgan fingerprint density at radius 1 is 1.10 bits per heavy atom. The lowest BCUT2D eigenvalue weighted by Gasteiger charge is -2.31. The van der Waals surface area contributed by atoms with Crippen LogP contribution in [0.5, 0.6) is 17.2 Å². The predicted molar refractivity (Wildman–Crippen MR) is 115 cm³/mol. The number of nitrogens with one attached hydrogen (secondary N) is 1. The van der Waals surface area contributed by atoms with E-state index in [1.54, 1.807) is 38.5 Å². The lowest BCUT2D eigenvalue weighted by molar-refractivity contribution is 0.0637. The number of sulfonamides is 1. The zero-order valence-corrected chi connectivity index (χ0v) is 18.2. The second kappa shape index (κ2) is 9.55. The predicted octanol–water partition coefficient (Wildman–Crippen LogP) is 1.87. The summed E-state index contributed by atoms with van der Waals surface area (Å²) in [4.78, 5) is 2.18. The second-order valence-corrected chi connectivity index (χ2v) is 9.07. The Morgan fingerprint density at radius 2 is 1.73 bits per heavy atom. The van der Waals surface area contributed by atoms with E-state index in [9.17, 15) is 13.5 Å². The number of methoxy groups -OCH3 is 2. The molecule has 1 aliphatic heterocycles. The van der Waals surface area contributed by atoms with Crippen molar-refractivity contribution in [3.63, 3.8) is 0 Å². The molecule has 2 N–H and O–H groups in total. The summed E-state index contributed by atoms with van der Waals surface area (Å²) in [6.07, 6.45) is 1.32. The van der Waals surface area contributed by atoms with Crippen LogP contribution < -0.4 is 18.9 Å². The van der Waals surface area contributed by atoms with Gasteiger partial charge in [-0.15, -0.1) is 0 Å². The van der Waals surface area contributed by atoms with Crippen molar-refractivity contribution in [1.29, 1.82) is 0 Å². The summed E-state index contributed by atoms with van der Waals surface area (Å²) in [7, 11) is -0.0619. The van der Waals surface area contributed by atoms with Crippen LogP contribution in [0.3, 0.4) is 0 Å². The smallest absolute Gasteiger partial charge is 0.229 e. The average molecular weight is 437 g/mol. The molecule has 9 heteroatoms. The minimum absolute atomic E-state index is 0.147. The van der Waals surface area contributed by atoms with Crippen molar-refractivity contribution in [2.45, 2.75) is 19.1 Å². The molecule has 1 atom stereocenters. The van der Waals surface area contributed by atoms with Gasteiger partial charge in [0.15, 0.2) is 11.5 Å². The number of aliphatic hydroxyl groups excluding tert-OH is 1. The van der Waals surface area contributed by atoms with Gasteiger partial charge in [0.25, 0.3) is 0 Å². The molecular weight excluding hydrogens is 408 g/mol. The maximum Gasteiger partial charge on any atom is 0.229 e. The third-order valence-corrected chi connectivity index (χ3v) is 5.47. The highest BCUT2D eigenvalue weighted by atomic mass is 32.2. The average Bonchev–Trinajstić information content (AvgIpc) is 2.71. The van der Waals surface area contributed by atoms with Crippen molar-refractivity contribution < 1.29 is 27.7 Å². The van der Waals surface area contributed by atoms with Gasteiger partial charge in [-0.25, -0.2) is 8.42 Å². The van der Waals surface area contributed by atoms with Gasteiger partial charge in [-0.3, -0.25) is 9.62 Å². The number of β-amino-alcohol motifs (C(OH)–C–C–N with tert-alkyl or cyclic N) is 1. The van der Waals surface area contributed by atoms with Crippen LogP contribution in [0.15, 0.2) is 36.4 Å². The van der Waals surface area contributed by atoms with E-state index < -0.39 is 16.1 Å². The van der Waals surface area contributed by atoms with Gasteiger partial charge in [0.1, 0.15) is 18.5 Å². The number of ether oxygens (including phenoxy) is 3. The molecule has 1 aliphatic rings. The molecule has 0 aliphatic carbocycles. The van der Waals surface area contributed by atoms with E-state index in [-0.39, 0.29) is 6.61 Å². The number of fused-ring (bicyclic) bond motifs is 1. The van der Waals surface area contributed by atoms with Crippen LogP contribution in [0.25, 0.3) is 0 Å². The molecule has 30 heavy (non-hydrogen) atoms. The zero-order chi connectivity index (χ0) is 21.7. The van der Waals surface area contributed by atoms with Gasteiger partial charge in [0.2, 0.25) is 10.0 Å². The van der Waals surface area contributed by atoms with Gasteiger partial charge in [-0.2, -0.15) is 0 Å². The summed E-state index contributed by atoms with van der Waals surface area (Å²) >= 11 is 0. The second-order valence-electron chi connectivity index (χ2n) is 7.32. The SMILES string of the molecule is COc1cc2c(cc1OC)CN(CC(O)COc1ccc(NS(C)(=O)=O)cc1)CC2. The van der Waals surface area contributed by atoms with E-state index >= 15 is 0 Å². The molecule has 0 saturated carbocycles. The summed E-state index contributed by atoms with van der Waals surface area (Å²) < 4.78 is 41.3. The van der Waals surface area contributed by atoms with Crippen LogP contribution in [0, 0.1) is 0 Å². The maximum absolute atomic E-state index is 11.2. The molecule has 0 spiro atoms. The van der Waals surface area contributed by atoms with Crippen LogP contribution in [0.4, 0.5) is 5.69 Å². The van der Waals surface area contributed by atoms with Gasteiger partial charge in [-0.05, 0) is 53.9 Å². The molecule has 0 bridgehead atoms. The largest absolute Gasteiger partial charge is 0.493 e. The Balaban J connectivity index is 1.51. The molecule has 2 aromatic carbocycles. The van der Waals surface area contributed by atoms with Crippen molar-refractivity contribution in [2.75, 3.05) is 44.9 Å². The first-order chi connectivity index (χ1) is 14.3. The third kappa shape index (κ3) is 6.01. The lowest BCUT2D eigenvalue weighted by atomic mass is 9.98. The highest BCUT2D eigenvalue weighted by Crippen LogP contribution is 2.33. The van der Waals surface area contributed by atoms with Crippen LogP contribution >= 0.6 is 0 Å². The molecule has 3 rings (SSSR count).